The van der Waals surface area contributed by atoms with Crippen LogP contribution in [0.3, 0.4) is 0 Å². The zero-order chi connectivity index (χ0) is 21.2. The van der Waals surface area contributed by atoms with Crippen LogP contribution in [0.15, 0.2) is 35.2 Å². The molecule has 2 N–H and O–H groups in total. The first-order chi connectivity index (χ1) is 13.7. The average molecular weight is 455 g/mol. The number of carbonyl (C=O) groups is 2. The topological polar surface area (TPSA) is 92.3 Å². The van der Waals surface area contributed by atoms with Gasteiger partial charge in [-0.15, -0.1) is 0 Å². The van der Waals surface area contributed by atoms with Crippen LogP contribution in [0.5, 0.6) is 0 Å². The van der Waals surface area contributed by atoms with Gasteiger partial charge < -0.3 is 15.4 Å². The van der Waals surface area contributed by atoms with Crippen LogP contribution in [-0.4, -0.2) is 39.5 Å². The highest BCUT2D eigenvalue weighted by Gasteiger charge is 2.24. The molecule has 2 aromatic carbocycles. The monoisotopic (exact) mass is 454 g/mol. The van der Waals surface area contributed by atoms with Crippen LogP contribution >= 0.6 is 23.2 Å². The Kier molecular flexibility index (Phi) is 6.63. The lowest BCUT2D eigenvalue weighted by Gasteiger charge is -2.22. The van der Waals surface area contributed by atoms with Crippen molar-refractivity contribution in [1.29, 1.82) is 0 Å². The number of nitrogens with one attached hydrogen (secondary N) is 2. The summed E-state index contributed by atoms with van der Waals surface area (Å²) in [5, 5.41) is 6.38. The second-order valence-electron chi connectivity index (χ2n) is 6.95. The number of rotatable bonds is 6. The van der Waals surface area contributed by atoms with Crippen LogP contribution in [0.1, 0.15) is 27.0 Å². The van der Waals surface area contributed by atoms with Gasteiger partial charge in [0.2, 0.25) is 0 Å². The van der Waals surface area contributed by atoms with Crippen LogP contribution in [0.2, 0.25) is 10.0 Å². The fourth-order valence-corrected chi connectivity index (χ4v) is 4.77. The number of hydrogen-bond acceptors (Lipinski definition) is 5. The van der Waals surface area contributed by atoms with Gasteiger partial charge in [0.05, 0.1) is 26.5 Å². The van der Waals surface area contributed by atoms with Gasteiger partial charge >= 0.3 is 0 Å². The number of carbonyl (C=O) groups excluding carboxylic acids is 2. The van der Waals surface area contributed by atoms with E-state index >= 15 is 0 Å². The Labute approximate surface area is 179 Å². The van der Waals surface area contributed by atoms with Crippen molar-refractivity contribution in [2.24, 2.45) is 0 Å². The Morgan fingerprint density at radius 3 is 2.76 bits per heavy atom. The van der Waals surface area contributed by atoms with Crippen molar-refractivity contribution in [3.8, 4) is 0 Å². The molecule has 154 valence electrons. The van der Waals surface area contributed by atoms with E-state index in [4.69, 9.17) is 23.2 Å². The van der Waals surface area contributed by atoms with Crippen molar-refractivity contribution in [2.75, 3.05) is 12.8 Å². The zero-order valence-electron chi connectivity index (χ0n) is 15.7. The second-order valence-corrected chi connectivity index (χ2v) is 9.75. The van der Waals surface area contributed by atoms with Crippen molar-refractivity contribution in [3.63, 3.8) is 0 Å². The summed E-state index contributed by atoms with van der Waals surface area (Å²) in [4.78, 5) is 24.5. The summed E-state index contributed by atoms with van der Waals surface area (Å²) < 4.78 is 23.4. The van der Waals surface area contributed by atoms with Crippen LogP contribution in [-0.2, 0) is 34.0 Å². The quantitative estimate of drug-likeness (QED) is 0.654. The molecule has 0 fully saturated rings. The number of amides is 1. The van der Waals surface area contributed by atoms with Gasteiger partial charge in [0, 0.05) is 12.8 Å². The molecule has 0 spiro atoms. The smallest absolute Gasteiger partial charge is 0.254 e. The van der Waals surface area contributed by atoms with Gasteiger partial charge in [-0.25, -0.2) is 8.42 Å². The van der Waals surface area contributed by atoms with E-state index in [9.17, 15) is 18.0 Å². The molecule has 1 amide bonds. The van der Waals surface area contributed by atoms with Crippen LogP contribution < -0.4 is 10.6 Å². The first kappa shape index (κ1) is 21.8. The lowest BCUT2D eigenvalue weighted by Crippen LogP contribution is -2.38. The highest BCUT2D eigenvalue weighted by molar-refractivity contribution is 7.90. The zero-order valence-corrected chi connectivity index (χ0v) is 18.0. The standard InChI is InChI=1S/C20H20Cl2N2O4S/c1-29(27,28)15-4-2-3-12(8-15)7-14(11-25)24-20(26)18-17(21)9-13-10-23-6-5-16(13)19(18)22/h2-4,8-9,11,14,23H,5-7,10H2,1H3,(H,24,26). The third-order valence-corrected chi connectivity index (χ3v) is 6.59. The summed E-state index contributed by atoms with van der Waals surface area (Å²) in [5.74, 6) is -0.544. The number of halogens is 2. The molecule has 0 aromatic heterocycles. The highest BCUT2D eigenvalue weighted by Crippen LogP contribution is 2.33. The molecule has 6 nitrogen and oxygen atoms in total. The second kappa shape index (κ2) is 8.83. The van der Waals surface area contributed by atoms with E-state index in [1.54, 1.807) is 18.2 Å². The van der Waals surface area contributed by atoms with E-state index in [0.717, 1.165) is 23.9 Å². The van der Waals surface area contributed by atoms with E-state index in [-0.39, 0.29) is 21.9 Å². The molecule has 1 aliphatic rings. The lowest BCUT2D eigenvalue weighted by molar-refractivity contribution is -0.109. The Morgan fingerprint density at radius 2 is 2.07 bits per heavy atom. The van der Waals surface area contributed by atoms with Crippen LogP contribution in [0.25, 0.3) is 0 Å². The van der Waals surface area contributed by atoms with E-state index in [0.29, 0.717) is 29.8 Å². The number of hydrogen-bond donors (Lipinski definition) is 2. The molecule has 0 saturated heterocycles. The molecule has 0 saturated carbocycles. The maximum absolute atomic E-state index is 12.8. The third kappa shape index (κ3) is 4.98. The molecule has 1 atom stereocenters. The molecule has 1 heterocycles. The first-order valence-corrected chi connectivity index (χ1v) is 11.6. The normalized spacial score (nSPS) is 14.7. The van der Waals surface area contributed by atoms with E-state index < -0.39 is 21.8 Å². The van der Waals surface area contributed by atoms with Crippen LogP contribution in [0, 0.1) is 0 Å². The maximum Gasteiger partial charge on any atom is 0.254 e. The Balaban J connectivity index is 1.82. The van der Waals surface area contributed by atoms with Crippen molar-refractivity contribution in [2.45, 2.75) is 30.3 Å². The predicted octanol–water partition coefficient (Wildman–Crippen LogP) is 2.58. The molecule has 29 heavy (non-hydrogen) atoms. The minimum Gasteiger partial charge on any atom is -0.342 e. The Hall–Kier alpha value is -1.93. The van der Waals surface area contributed by atoms with Crippen molar-refractivity contribution < 1.29 is 18.0 Å². The maximum atomic E-state index is 12.8. The highest BCUT2D eigenvalue weighted by atomic mass is 35.5. The Morgan fingerprint density at radius 1 is 1.31 bits per heavy atom. The summed E-state index contributed by atoms with van der Waals surface area (Å²) >= 11 is 12.7. The summed E-state index contributed by atoms with van der Waals surface area (Å²) in [6.07, 6.45) is 2.54. The summed E-state index contributed by atoms with van der Waals surface area (Å²) in [7, 11) is -3.37. The molecule has 9 heteroatoms. The molecule has 2 aromatic rings. The van der Waals surface area contributed by atoms with Crippen LogP contribution in [0.4, 0.5) is 0 Å². The summed E-state index contributed by atoms with van der Waals surface area (Å²) in [6, 6.07) is 7.12. The van der Waals surface area contributed by atoms with E-state index in [2.05, 4.69) is 10.6 Å². The molecule has 1 unspecified atom stereocenters. The molecule has 1 aliphatic heterocycles. The number of benzene rings is 2. The van der Waals surface area contributed by atoms with E-state index in [1.807, 2.05) is 0 Å². The van der Waals surface area contributed by atoms with Gasteiger partial charge in [-0.1, -0.05) is 35.3 Å². The minimum absolute atomic E-state index is 0.142. The van der Waals surface area contributed by atoms with Crippen molar-refractivity contribution in [1.82, 2.24) is 10.6 Å². The van der Waals surface area contributed by atoms with Crippen molar-refractivity contribution >= 4 is 45.2 Å². The fourth-order valence-electron chi connectivity index (χ4n) is 3.31. The van der Waals surface area contributed by atoms with Crippen molar-refractivity contribution in [3.05, 3.63) is 62.6 Å². The molecular formula is C20H20Cl2N2O4S. The fraction of sp³-hybridized carbons (Fsp3) is 0.300. The SMILES string of the molecule is CS(=O)(=O)c1cccc(CC(C=O)NC(=O)c2c(Cl)cc3c(c2Cl)CCNC3)c1. The first-order valence-electron chi connectivity index (χ1n) is 8.96. The number of fused-ring (bicyclic) bond motifs is 1. The van der Waals surface area contributed by atoms with Gasteiger partial charge in [-0.05, 0) is 54.3 Å². The molecule has 0 aliphatic carbocycles. The number of aldehydes is 1. The van der Waals surface area contributed by atoms with Gasteiger partial charge in [0.25, 0.3) is 5.91 Å². The van der Waals surface area contributed by atoms with E-state index in [1.165, 1.54) is 12.1 Å². The van der Waals surface area contributed by atoms with Gasteiger partial charge in [0.1, 0.15) is 6.29 Å². The predicted molar refractivity (Wildman–Crippen MR) is 112 cm³/mol. The molecular weight excluding hydrogens is 435 g/mol. The minimum atomic E-state index is -3.37. The summed E-state index contributed by atoms with van der Waals surface area (Å²) in [6.45, 7) is 1.38. The summed E-state index contributed by atoms with van der Waals surface area (Å²) in [5.41, 5.74) is 2.58. The molecule has 0 radical (unpaired) electrons. The van der Waals surface area contributed by atoms with Gasteiger partial charge in [-0.2, -0.15) is 0 Å². The van der Waals surface area contributed by atoms with Gasteiger partial charge in [-0.3, -0.25) is 4.79 Å². The molecule has 0 bridgehead atoms. The number of sulfone groups is 1. The lowest BCUT2D eigenvalue weighted by atomic mass is 9.97. The molecule has 3 rings (SSSR count). The average Bonchev–Trinajstić information content (AvgIpc) is 2.67. The third-order valence-electron chi connectivity index (χ3n) is 4.77. The Bertz CT molecular complexity index is 1070. The largest absolute Gasteiger partial charge is 0.342 e. The van der Waals surface area contributed by atoms with Gasteiger partial charge in [0.15, 0.2) is 9.84 Å².